The van der Waals surface area contributed by atoms with Gasteiger partial charge in [0.1, 0.15) is 5.76 Å². The molecule has 4 heteroatoms. The second-order valence-corrected chi connectivity index (χ2v) is 6.91. The van der Waals surface area contributed by atoms with Crippen molar-refractivity contribution < 1.29 is 14.6 Å². The maximum atomic E-state index is 10.3. The van der Waals surface area contributed by atoms with Gasteiger partial charge in [-0.15, -0.1) is 0 Å². The van der Waals surface area contributed by atoms with Gasteiger partial charge in [0.05, 0.1) is 12.5 Å². The van der Waals surface area contributed by atoms with Crippen molar-refractivity contribution in [2.45, 2.75) is 37.3 Å². The van der Waals surface area contributed by atoms with Gasteiger partial charge in [-0.25, -0.2) is 0 Å². The molecule has 2 heterocycles. The van der Waals surface area contributed by atoms with Gasteiger partial charge in [-0.2, -0.15) is 0 Å². The van der Waals surface area contributed by atoms with Gasteiger partial charge in [-0.05, 0) is 42.7 Å². The van der Waals surface area contributed by atoms with Crippen LogP contribution >= 0.6 is 0 Å². The van der Waals surface area contributed by atoms with Gasteiger partial charge in [-0.3, -0.25) is 4.90 Å². The molecule has 1 spiro atoms. The minimum absolute atomic E-state index is 0.142. The second-order valence-electron chi connectivity index (χ2n) is 6.91. The molecule has 1 saturated heterocycles. The highest BCUT2D eigenvalue weighted by atomic mass is 16.5. The van der Waals surface area contributed by atoms with Crippen LogP contribution < -0.4 is 4.74 Å². The van der Waals surface area contributed by atoms with Crippen LogP contribution in [0.25, 0.3) is 0 Å². The molecule has 2 aliphatic carbocycles. The van der Waals surface area contributed by atoms with Crippen molar-refractivity contribution in [3.63, 3.8) is 0 Å². The van der Waals surface area contributed by atoms with Crippen LogP contribution in [0.3, 0.4) is 0 Å². The zero-order valence-corrected chi connectivity index (χ0v) is 13.5. The number of phenolic OH excluding ortho intramolecular Hbond substituents is 1. The lowest BCUT2D eigenvalue weighted by Gasteiger charge is -2.53. The molecule has 0 aromatic heterocycles. The Labute approximate surface area is 136 Å². The van der Waals surface area contributed by atoms with E-state index in [1.807, 2.05) is 0 Å². The summed E-state index contributed by atoms with van der Waals surface area (Å²) < 4.78 is 11.9. The lowest BCUT2D eigenvalue weighted by atomic mass is 9.57. The Morgan fingerprint density at radius 2 is 2.26 bits per heavy atom. The summed E-state index contributed by atoms with van der Waals surface area (Å²) >= 11 is 0. The van der Waals surface area contributed by atoms with E-state index in [2.05, 4.69) is 30.0 Å². The largest absolute Gasteiger partial charge is 0.504 e. The zero-order valence-electron chi connectivity index (χ0n) is 13.5. The normalized spacial score (nSPS) is 33.5. The minimum atomic E-state index is -0.155. The predicted molar refractivity (Wildman–Crippen MR) is 86.7 cm³/mol. The van der Waals surface area contributed by atoms with Crippen molar-refractivity contribution in [3.8, 4) is 11.5 Å². The summed E-state index contributed by atoms with van der Waals surface area (Å²) in [5, 5.41) is 10.3. The van der Waals surface area contributed by atoms with E-state index in [4.69, 9.17) is 9.47 Å². The summed E-state index contributed by atoms with van der Waals surface area (Å²) in [6.45, 7) is 4.35. The summed E-state index contributed by atoms with van der Waals surface area (Å²) in [7, 11) is 1.70. The lowest BCUT2D eigenvalue weighted by Crippen LogP contribution is -2.59. The molecule has 3 atom stereocenters. The molecule has 0 saturated carbocycles. The van der Waals surface area contributed by atoms with Crippen LogP contribution in [0.15, 0.2) is 35.6 Å². The first kappa shape index (κ1) is 13.5. The first-order valence-corrected chi connectivity index (χ1v) is 8.43. The number of methoxy groups -OCH3 is 1. The number of likely N-dealkylation sites (tertiary alicyclic amines) is 1. The number of likely N-dealkylation sites (N-methyl/N-ethyl adjacent to an activating group) is 1. The Morgan fingerprint density at radius 3 is 3.04 bits per heavy atom. The van der Waals surface area contributed by atoms with Crippen LogP contribution in [-0.2, 0) is 16.6 Å². The number of hydrogen-bond acceptors (Lipinski definition) is 4. The number of hydrogen-bond donors (Lipinski definition) is 1. The Bertz CT molecular complexity index is 766. The molecular weight excluding hydrogens is 290 g/mol. The molecule has 0 amide bonds. The topological polar surface area (TPSA) is 41.9 Å². The van der Waals surface area contributed by atoms with E-state index in [9.17, 15) is 5.11 Å². The summed E-state index contributed by atoms with van der Waals surface area (Å²) in [5.74, 6) is 1.78. The lowest BCUT2D eigenvalue weighted by molar-refractivity contribution is 0.0663. The fourth-order valence-electron chi connectivity index (χ4n) is 5.23. The molecule has 1 fully saturated rings. The average Bonchev–Trinajstić information content (AvgIpc) is 2.91. The highest BCUT2D eigenvalue weighted by Gasteiger charge is 2.62. The number of aromatic hydroxyl groups is 1. The minimum Gasteiger partial charge on any atom is -0.504 e. The average molecular weight is 311 g/mol. The zero-order chi connectivity index (χ0) is 15.8. The first-order valence-electron chi connectivity index (χ1n) is 8.43. The Morgan fingerprint density at radius 1 is 1.39 bits per heavy atom. The fraction of sp³-hybridized carbons (Fsp3) is 0.474. The van der Waals surface area contributed by atoms with Crippen molar-refractivity contribution in [1.29, 1.82) is 0 Å². The second kappa shape index (κ2) is 4.32. The molecule has 1 aromatic rings. The van der Waals surface area contributed by atoms with Gasteiger partial charge in [0.25, 0.3) is 0 Å². The molecular formula is C19H21NO3. The van der Waals surface area contributed by atoms with E-state index in [1.54, 1.807) is 13.2 Å². The molecule has 5 rings (SSSR count). The van der Waals surface area contributed by atoms with Gasteiger partial charge >= 0.3 is 0 Å². The number of phenols is 1. The fourth-order valence-corrected chi connectivity index (χ4v) is 5.23. The quantitative estimate of drug-likeness (QED) is 0.911. The van der Waals surface area contributed by atoms with Crippen LogP contribution in [0.4, 0.5) is 0 Å². The van der Waals surface area contributed by atoms with Crippen molar-refractivity contribution in [3.05, 3.63) is 46.7 Å². The Hall–Kier alpha value is -1.94. The molecule has 1 N–H and O–H groups in total. The number of piperidine rings is 1. The van der Waals surface area contributed by atoms with Gasteiger partial charge in [-0.1, -0.05) is 19.1 Å². The van der Waals surface area contributed by atoms with Gasteiger partial charge in [0.15, 0.2) is 17.6 Å². The predicted octanol–water partition coefficient (Wildman–Crippen LogP) is 2.51. The maximum Gasteiger partial charge on any atom is 0.169 e. The summed E-state index contributed by atoms with van der Waals surface area (Å²) in [4.78, 5) is 2.56. The third-order valence-electron chi connectivity index (χ3n) is 6.20. The number of allylic oxidation sites excluding steroid dienone is 2. The van der Waals surface area contributed by atoms with Crippen LogP contribution in [-0.4, -0.2) is 42.4 Å². The van der Waals surface area contributed by atoms with E-state index in [1.165, 1.54) is 16.7 Å². The third kappa shape index (κ3) is 1.41. The Balaban J connectivity index is 1.82. The molecule has 1 unspecified atom stereocenters. The highest BCUT2D eigenvalue weighted by Crippen LogP contribution is 2.62. The van der Waals surface area contributed by atoms with Crippen LogP contribution in [0, 0.1) is 0 Å². The van der Waals surface area contributed by atoms with E-state index in [0.29, 0.717) is 11.8 Å². The number of benzene rings is 1. The smallest absolute Gasteiger partial charge is 0.169 e. The third-order valence-corrected chi connectivity index (χ3v) is 6.20. The number of rotatable bonds is 2. The molecule has 120 valence electrons. The molecule has 2 aliphatic heterocycles. The van der Waals surface area contributed by atoms with Crippen molar-refractivity contribution in [1.82, 2.24) is 4.90 Å². The molecule has 4 nitrogen and oxygen atoms in total. The molecule has 0 radical (unpaired) electrons. The summed E-state index contributed by atoms with van der Waals surface area (Å²) in [6, 6.07) is 4.28. The van der Waals surface area contributed by atoms with Crippen molar-refractivity contribution in [2.24, 2.45) is 0 Å². The van der Waals surface area contributed by atoms with Gasteiger partial charge in [0, 0.05) is 18.2 Å². The number of ether oxygens (including phenoxy) is 2. The molecule has 1 aromatic carbocycles. The highest BCUT2D eigenvalue weighted by molar-refractivity contribution is 5.67. The van der Waals surface area contributed by atoms with Crippen LogP contribution in [0.5, 0.6) is 11.5 Å². The first-order chi connectivity index (χ1) is 11.2. The van der Waals surface area contributed by atoms with Crippen LogP contribution in [0.2, 0.25) is 0 Å². The molecule has 23 heavy (non-hydrogen) atoms. The maximum absolute atomic E-state index is 10.3. The molecule has 4 aliphatic rings. The van der Waals surface area contributed by atoms with E-state index in [-0.39, 0.29) is 17.3 Å². The monoisotopic (exact) mass is 311 g/mol. The molecule has 2 bridgehead atoms. The van der Waals surface area contributed by atoms with E-state index in [0.717, 1.165) is 31.7 Å². The van der Waals surface area contributed by atoms with E-state index >= 15 is 0 Å². The van der Waals surface area contributed by atoms with Crippen molar-refractivity contribution in [2.75, 3.05) is 20.2 Å². The van der Waals surface area contributed by atoms with E-state index < -0.39 is 0 Å². The SMILES string of the molecule is CCN1CC[C@@]23C4=CC=C(OC)[C@@H]2Oc2c(O)ccc(c23)CC41. The Kier molecular flexibility index (Phi) is 2.54. The summed E-state index contributed by atoms with van der Waals surface area (Å²) in [6.07, 6.45) is 6.16. The summed E-state index contributed by atoms with van der Waals surface area (Å²) in [5.41, 5.74) is 3.81. The standard InChI is InChI=1S/C19H21NO3/c1-3-20-9-8-19-12-5-7-15(22-2)18(19)23-17-14(21)6-4-11(16(17)19)10-13(12)20/h4-7,13,18,21H,3,8-10H2,1-2H3/t13?,18-,19-/m0/s1. The van der Waals surface area contributed by atoms with Gasteiger partial charge < -0.3 is 14.6 Å². The number of nitrogens with zero attached hydrogens (tertiary/aromatic N) is 1. The van der Waals surface area contributed by atoms with Gasteiger partial charge in [0.2, 0.25) is 0 Å². The van der Waals surface area contributed by atoms with Crippen LogP contribution in [0.1, 0.15) is 24.5 Å². The van der Waals surface area contributed by atoms with Crippen molar-refractivity contribution >= 4 is 0 Å².